The summed E-state index contributed by atoms with van der Waals surface area (Å²) in [6, 6.07) is 0. The Bertz CT molecular complexity index is 456. The molecule has 0 radical (unpaired) electrons. The summed E-state index contributed by atoms with van der Waals surface area (Å²) in [6.45, 7) is 33.4. The van der Waals surface area contributed by atoms with E-state index in [4.69, 9.17) is 0 Å². The summed E-state index contributed by atoms with van der Waals surface area (Å²) in [6.07, 6.45) is 0. The largest absolute Gasteiger partial charge is 0.299 e. The zero-order valence-corrected chi connectivity index (χ0v) is 20.8. The number of ketones is 2. The van der Waals surface area contributed by atoms with Gasteiger partial charge in [-0.05, 0) is 35.5 Å². The first-order chi connectivity index (χ1) is 10.9. The molecule has 0 aromatic carbocycles. The molecule has 0 rings (SSSR count). The minimum atomic E-state index is -0.259. The van der Waals surface area contributed by atoms with Gasteiger partial charge in [0.2, 0.25) is 0 Å². The maximum absolute atomic E-state index is 11.6. The lowest BCUT2D eigenvalue weighted by molar-refractivity contribution is -0.137. The molecule has 28 heavy (non-hydrogen) atoms. The predicted molar refractivity (Wildman–Crippen MR) is 129 cm³/mol. The highest BCUT2D eigenvalue weighted by Gasteiger charge is 2.48. The van der Waals surface area contributed by atoms with Gasteiger partial charge in [-0.25, -0.2) is 0 Å². The van der Waals surface area contributed by atoms with E-state index in [0.717, 1.165) is 0 Å². The second-order valence-electron chi connectivity index (χ2n) is 12.1. The molecule has 0 unspecified atom stereocenters. The number of rotatable bonds is 4. The molecule has 0 amide bonds. The third-order valence-corrected chi connectivity index (χ3v) is 8.64. The number of carbonyl (C=O) groups excluding carboxylic acids is 2. The van der Waals surface area contributed by atoms with Crippen LogP contribution in [0.25, 0.3) is 0 Å². The fourth-order valence-electron chi connectivity index (χ4n) is 2.76. The minimum absolute atomic E-state index is 0. The van der Waals surface area contributed by atoms with Crippen LogP contribution in [0.3, 0.4) is 0 Å². The summed E-state index contributed by atoms with van der Waals surface area (Å²) < 4.78 is 0. The summed E-state index contributed by atoms with van der Waals surface area (Å²) in [5, 5.41) is 0. The number of hydrogen-bond acceptors (Lipinski definition) is 2. The molecular weight excluding hydrogens is 344 g/mol. The van der Waals surface area contributed by atoms with Crippen LogP contribution in [0.4, 0.5) is 0 Å². The SMILES string of the molecule is C.C.CC(=O)C(C)(C)C(C)(C)C(C)(C)C.CC(=O)C(C)(C)C(C)(C)C(C)(C)C. The van der Waals surface area contributed by atoms with E-state index in [2.05, 4.69) is 69.2 Å². The molecule has 0 aliphatic heterocycles. The Balaban J connectivity index is -0.000000192. The average molecular weight is 401 g/mol. The van der Waals surface area contributed by atoms with E-state index in [1.807, 2.05) is 27.7 Å². The van der Waals surface area contributed by atoms with Gasteiger partial charge in [0.05, 0.1) is 0 Å². The molecule has 0 saturated heterocycles. The quantitative estimate of drug-likeness (QED) is 0.473. The zero-order chi connectivity index (χ0) is 22.2. The van der Waals surface area contributed by atoms with Gasteiger partial charge in [0.25, 0.3) is 0 Å². The van der Waals surface area contributed by atoms with Crippen molar-refractivity contribution in [2.24, 2.45) is 32.5 Å². The van der Waals surface area contributed by atoms with Crippen molar-refractivity contribution in [1.29, 1.82) is 0 Å². The molecule has 0 aromatic rings. The van der Waals surface area contributed by atoms with Crippen molar-refractivity contribution in [3.05, 3.63) is 0 Å². The third kappa shape index (κ3) is 6.70. The van der Waals surface area contributed by atoms with E-state index in [9.17, 15) is 9.59 Å². The summed E-state index contributed by atoms with van der Waals surface area (Å²) in [7, 11) is 0. The lowest BCUT2D eigenvalue weighted by Crippen LogP contribution is -2.46. The van der Waals surface area contributed by atoms with Gasteiger partial charge >= 0.3 is 0 Å². The van der Waals surface area contributed by atoms with Gasteiger partial charge in [0, 0.05) is 10.8 Å². The fraction of sp³-hybridized carbons (Fsp3) is 0.923. The first kappa shape index (κ1) is 34.8. The van der Waals surface area contributed by atoms with Crippen LogP contribution in [0.2, 0.25) is 0 Å². The van der Waals surface area contributed by atoms with E-state index >= 15 is 0 Å². The highest BCUT2D eigenvalue weighted by molar-refractivity contribution is 5.82. The van der Waals surface area contributed by atoms with Gasteiger partial charge in [0.15, 0.2) is 0 Å². The lowest BCUT2D eigenvalue weighted by Gasteiger charge is -2.49. The molecule has 0 N–H and O–H groups in total. The van der Waals surface area contributed by atoms with Crippen molar-refractivity contribution >= 4 is 11.6 Å². The van der Waals surface area contributed by atoms with Crippen molar-refractivity contribution in [2.75, 3.05) is 0 Å². The Morgan fingerprint density at radius 1 is 0.429 bits per heavy atom. The smallest absolute Gasteiger partial charge is 0.135 e. The van der Waals surface area contributed by atoms with E-state index < -0.39 is 0 Å². The number of Topliss-reactive ketones (excluding diaryl/α,β-unsaturated/α-hetero) is 2. The Labute approximate surface area is 179 Å². The van der Waals surface area contributed by atoms with Gasteiger partial charge in [-0.15, -0.1) is 0 Å². The van der Waals surface area contributed by atoms with Gasteiger partial charge < -0.3 is 0 Å². The Morgan fingerprint density at radius 2 is 0.571 bits per heavy atom. The van der Waals surface area contributed by atoms with Gasteiger partial charge in [-0.1, -0.05) is 112 Å². The summed E-state index contributed by atoms with van der Waals surface area (Å²) >= 11 is 0. The molecule has 0 bridgehead atoms. The molecule has 0 aliphatic rings. The van der Waals surface area contributed by atoms with Crippen LogP contribution in [0.15, 0.2) is 0 Å². The Hall–Kier alpha value is -0.660. The van der Waals surface area contributed by atoms with Crippen molar-refractivity contribution in [3.63, 3.8) is 0 Å². The van der Waals surface area contributed by atoms with Crippen LogP contribution < -0.4 is 0 Å². The van der Waals surface area contributed by atoms with Crippen molar-refractivity contribution in [1.82, 2.24) is 0 Å². The highest BCUT2D eigenvalue weighted by atomic mass is 16.1. The second kappa shape index (κ2) is 9.90. The third-order valence-electron chi connectivity index (χ3n) is 8.64. The van der Waals surface area contributed by atoms with Gasteiger partial charge in [-0.2, -0.15) is 0 Å². The normalized spacial score (nSPS) is 13.4. The number of hydrogen-bond donors (Lipinski definition) is 0. The van der Waals surface area contributed by atoms with Crippen LogP contribution in [-0.2, 0) is 9.59 Å². The Kier molecular flexibility index (Phi) is 12.3. The topological polar surface area (TPSA) is 34.1 Å². The fourth-order valence-corrected chi connectivity index (χ4v) is 2.76. The molecule has 2 nitrogen and oxygen atoms in total. The molecule has 0 fully saturated rings. The molecule has 0 saturated carbocycles. The molecule has 172 valence electrons. The first-order valence-corrected chi connectivity index (χ1v) is 9.91. The standard InChI is InChI=1S/2C12H24O.2CH4/c2*1-9(13)11(5,6)12(7,8)10(2,3)4;;/h2*1-8H3;2*1H4. The highest BCUT2D eigenvalue weighted by Crippen LogP contribution is 2.52. The summed E-state index contributed by atoms with van der Waals surface area (Å²) in [4.78, 5) is 23.1. The molecule has 0 aliphatic carbocycles. The zero-order valence-electron chi connectivity index (χ0n) is 20.8. The average Bonchev–Trinajstić information content (AvgIpc) is 2.35. The van der Waals surface area contributed by atoms with Crippen LogP contribution >= 0.6 is 0 Å². The van der Waals surface area contributed by atoms with Crippen LogP contribution in [0.5, 0.6) is 0 Å². The van der Waals surface area contributed by atoms with Crippen molar-refractivity contribution in [2.45, 2.75) is 126 Å². The van der Waals surface area contributed by atoms with E-state index in [1.54, 1.807) is 13.8 Å². The van der Waals surface area contributed by atoms with Gasteiger partial charge in [-0.3, -0.25) is 9.59 Å². The number of carbonyl (C=O) groups is 2. The second-order valence-corrected chi connectivity index (χ2v) is 12.1. The molecule has 0 atom stereocenters. The predicted octanol–water partition coefficient (Wildman–Crippen LogP) is 8.62. The van der Waals surface area contributed by atoms with E-state index in [0.29, 0.717) is 0 Å². The molecule has 0 aromatic heterocycles. The summed E-state index contributed by atoms with van der Waals surface area (Å²) in [5.41, 5.74) is -0.224. The minimum Gasteiger partial charge on any atom is -0.299 e. The van der Waals surface area contributed by atoms with Crippen LogP contribution in [0, 0.1) is 32.5 Å². The van der Waals surface area contributed by atoms with Crippen molar-refractivity contribution in [3.8, 4) is 0 Å². The summed E-state index contributed by atoms with van der Waals surface area (Å²) in [5.74, 6) is 0.542. The lowest BCUT2D eigenvalue weighted by atomic mass is 9.54. The molecule has 2 heteroatoms. The maximum Gasteiger partial charge on any atom is 0.135 e. The van der Waals surface area contributed by atoms with Crippen LogP contribution in [-0.4, -0.2) is 11.6 Å². The van der Waals surface area contributed by atoms with E-state index in [1.165, 1.54) is 0 Å². The maximum atomic E-state index is 11.6. The Morgan fingerprint density at radius 3 is 0.607 bits per heavy atom. The van der Waals surface area contributed by atoms with Crippen LogP contribution in [0.1, 0.15) is 126 Å². The van der Waals surface area contributed by atoms with E-state index in [-0.39, 0.29) is 58.9 Å². The van der Waals surface area contributed by atoms with Crippen molar-refractivity contribution < 1.29 is 9.59 Å². The molecule has 0 heterocycles. The molecular formula is C26H56O2. The first-order valence-electron chi connectivity index (χ1n) is 9.91. The molecule has 0 spiro atoms. The monoisotopic (exact) mass is 400 g/mol. The van der Waals surface area contributed by atoms with Gasteiger partial charge in [0.1, 0.15) is 11.6 Å².